The summed E-state index contributed by atoms with van der Waals surface area (Å²) in [7, 11) is 0. The third kappa shape index (κ3) is 6.77. The molecular formula is C23H30N2O5. The molecule has 0 saturated heterocycles. The molecule has 0 bridgehead atoms. The Hall–Kier alpha value is -3.06. The van der Waals surface area contributed by atoms with E-state index in [-0.39, 0.29) is 0 Å². The number of hydrogen-bond acceptors (Lipinski definition) is 5. The lowest BCUT2D eigenvalue weighted by Gasteiger charge is -2.29. The highest BCUT2D eigenvalue weighted by Gasteiger charge is 2.36. The summed E-state index contributed by atoms with van der Waals surface area (Å²) in [5.41, 5.74) is -0.533. The van der Waals surface area contributed by atoms with Gasteiger partial charge in [0, 0.05) is 5.69 Å². The molecule has 0 spiro atoms. The maximum absolute atomic E-state index is 12.6. The van der Waals surface area contributed by atoms with Crippen LogP contribution in [0.3, 0.4) is 0 Å². The molecule has 0 aliphatic carbocycles. The molecular weight excluding hydrogens is 384 g/mol. The van der Waals surface area contributed by atoms with Gasteiger partial charge in [0.15, 0.2) is 0 Å². The molecule has 7 nitrogen and oxygen atoms in total. The summed E-state index contributed by atoms with van der Waals surface area (Å²) in [6, 6.07) is 14.6. The van der Waals surface area contributed by atoms with Gasteiger partial charge in [0.1, 0.15) is 22.6 Å². The Bertz CT molecular complexity index is 857. The van der Waals surface area contributed by atoms with Gasteiger partial charge < -0.3 is 25.2 Å². The van der Waals surface area contributed by atoms with Crippen molar-refractivity contribution in [2.24, 2.45) is 0 Å². The van der Waals surface area contributed by atoms with Crippen molar-refractivity contribution in [3.63, 3.8) is 0 Å². The molecule has 162 valence electrons. The number of alkyl carbamates (subject to hydrolysis) is 1. The Labute approximate surface area is 177 Å². The van der Waals surface area contributed by atoms with Gasteiger partial charge >= 0.3 is 6.09 Å². The number of aliphatic hydroxyl groups is 1. The van der Waals surface area contributed by atoms with E-state index in [2.05, 4.69) is 17.6 Å². The van der Waals surface area contributed by atoms with Gasteiger partial charge in [-0.3, -0.25) is 4.79 Å². The van der Waals surface area contributed by atoms with E-state index in [0.29, 0.717) is 11.4 Å². The van der Waals surface area contributed by atoms with Gasteiger partial charge in [-0.1, -0.05) is 19.1 Å². The standard InChI is InChI=1S/C23H30N2O5/c1-6-16-7-11-18(12-8-16)29-19-13-9-17(10-14-19)24-20(27)23(5,15-26)25-21(28)30-22(2,3)4/h7-14,26H,6,15H2,1-5H3,(H,24,27)(H,25,28). The van der Waals surface area contributed by atoms with Gasteiger partial charge in [-0.15, -0.1) is 0 Å². The first-order chi connectivity index (χ1) is 14.0. The topological polar surface area (TPSA) is 96.9 Å². The van der Waals surface area contributed by atoms with Crippen molar-refractivity contribution in [2.45, 2.75) is 52.2 Å². The zero-order chi connectivity index (χ0) is 22.4. The number of carbonyl (C=O) groups excluding carboxylic acids is 2. The van der Waals surface area contributed by atoms with E-state index in [1.807, 2.05) is 24.3 Å². The van der Waals surface area contributed by atoms with Gasteiger partial charge in [0.25, 0.3) is 5.91 Å². The highest BCUT2D eigenvalue weighted by Crippen LogP contribution is 2.24. The van der Waals surface area contributed by atoms with Crippen LogP contribution in [0.5, 0.6) is 11.5 Å². The second-order valence-corrected chi connectivity index (χ2v) is 8.20. The molecule has 0 radical (unpaired) electrons. The largest absolute Gasteiger partial charge is 0.457 e. The molecule has 2 rings (SSSR count). The van der Waals surface area contributed by atoms with Crippen LogP contribution in [-0.2, 0) is 16.0 Å². The number of ether oxygens (including phenoxy) is 2. The van der Waals surface area contributed by atoms with Crippen LogP contribution in [0.15, 0.2) is 48.5 Å². The average Bonchev–Trinajstić information content (AvgIpc) is 2.68. The number of hydrogen-bond donors (Lipinski definition) is 3. The Kier molecular flexibility index (Phi) is 7.45. The second kappa shape index (κ2) is 9.63. The summed E-state index contributed by atoms with van der Waals surface area (Å²) in [6.45, 7) is 8.06. The zero-order valence-corrected chi connectivity index (χ0v) is 18.1. The summed E-state index contributed by atoms with van der Waals surface area (Å²) in [4.78, 5) is 24.6. The van der Waals surface area contributed by atoms with Crippen LogP contribution in [0, 0.1) is 0 Å². The SMILES string of the molecule is CCc1ccc(Oc2ccc(NC(=O)C(C)(CO)NC(=O)OC(C)(C)C)cc2)cc1. The molecule has 0 fully saturated rings. The van der Waals surface area contributed by atoms with Crippen LogP contribution in [0.4, 0.5) is 10.5 Å². The average molecular weight is 415 g/mol. The minimum atomic E-state index is -1.54. The maximum atomic E-state index is 12.6. The van der Waals surface area contributed by atoms with Crippen molar-refractivity contribution < 1.29 is 24.2 Å². The van der Waals surface area contributed by atoms with Crippen LogP contribution in [0.25, 0.3) is 0 Å². The molecule has 2 amide bonds. The number of benzene rings is 2. The number of anilines is 1. The van der Waals surface area contributed by atoms with E-state index in [9.17, 15) is 14.7 Å². The van der Waals surface area contributed by atoms with E-state index in [0.717, 1.165) is 12.2 Å². The molecule has 7 heteroatoms. The predicted molar refractivity (Wildman–Crippen MR) is 116 cm³/mol. The molecule has 0 aliphatic rings. The summed E-state index contributed by atoms with van der Waals surface area (Å²) in [6.07, 6.45) is 0.177. The first-order valence-electron chi connectivity index (χ1n) is 9.85. The number of amides is 2. The zero-order valence-electron chi connectivity index (χ0n) is 18.1. The predicted octanol–water partition coefficient (Wildman–Crippen LogP) is 4.26. The summed E-state index contributed by atoms with van der Waals surface area (Å²) in [5.74, 6) is 0.770. The van der Waals surface area contributed by atoms with Crippen molar-refractivity contribution in [1.29, 1.82) is 0 Å². The summed E-state index contributed by atoms with van der Waals surface area (Å²) < 4.78 is 11.0. The number of carbonyl (C=O) groups is 2. The van der Waals surface area contributed by atoms with Gasteiger partial charge in [-0.25, -0.2) is 4.79 Å². The van der Waals surface area contributed by atoms with Crippen molar-refractivity contribution in [1.82, 2.24) is 5.32 Å². The van der Waals surface area contributed by atoms with Crippen LogP contribution < -0.4 is 15.4 Å². The summed E-state index contributed by atoms with van der Waals surface area (Å²) in [5, 5.41) is 14.8. The van der Waals surface area contributed by atoms with Crippen LogP contribution >= 0.6 is 0 Å². The highest BCUT2D eigenvalue weighted by atomic mass is 16.6. The van der Waals surface area contributed by atoms with Crippen LogP contribution in [0.1, 0.15) is 40.2 Å². The third-order valence-corrected chi connectivity index (χ3v) is 4.27. The molecule has 2 aromatic carbocycles. The first kappa shape index (κ1) is 23.2. The first-order valence-corrected chi connectivity index (χ1v) is 9.85. The molecule has 0 aromatic heterocycles. The van der Waals surface area contributed by atoms with Crippen LogP contribution in [0.2, 0.25) is 0 Å². The molecule has 1 unspecified atom stereocenters. The van der Waals surface area contributed by atoms with Crippen molar-refractivity contribution in [3.05, 3.63) is 54.1 Å². The Morgan fingerprint density at radius 1 is 0.933 bits per heavy atom. The van der Waals surface area contributed by atoms with E-state index >= 15 is 0 Å². The van der Waals surface area contributed by atoms with Gasteiger partial charge in [0.2, 0.25) is 0 Å². The maximum Gasteiger partial charge on any atom is 0.408 e. The van der Waals surface area contributed by atoms with E-state index in [4.69, 9.17) is 9.47 Å². The van der Waals surface area contributed by atoms with Crippen molar-refractivity contribution in [2.75, 3.05) is 11.9 Å². The number of aliphatic hydroxyl groups excluding tert-OH is 1. The van der Waals surface area contributed by atoms with Crippen molar-refractivity contribution in [3.8, 4) is 11.5 Å². The van der Waals surface area contributed by atoms with Gasteiger partial charge in [0.05, 0.1) is 6.61 Å². The molecule has 30 heavy (non-hydrogen) atoms. The second-order valence-electron chi connectivity index (χ2n) is 8.20. The molecule has 0 heterocycles. The van der Waals surface area contributed by atoms with E-state index in [1.165, 1.54) is 12.5 Å². The lowest BCUT2D eigenvalue weighted by atomic mass is 10.0. The van der Waals surface area contributed by atoms with Crippen LogP contribution in [-0.4, -0.2) is 34.9 Å². The lowest BCUT2D eigenvalue weighted by molar-refractivity contribution is -0.123. The fourth-order valence-electron chi connectivity index (χ4n) is 2.50. The third-order valence-electron chi connectivity index (χ3n) is 4.27. The smallest absolute Gasteiger partial charge is 0.408 e. The summed E-state index contributed by atoms with van der Waals surface area (Å²) >= 11 is 0. The van der Waals surface area contributed by atoms with Gasteiger partial charge in [-0.2, -0.15) is 0 Å². The molecule has 0 aliphatic heterocycles. The fraction of sp³-hybridized carbons (Fsp3) is 0.391. The number of aryl methyl sites for hydroxylation is 1. The highest BCUT2D eigenvalue weighted by molar-refractivity contribution is 5.99. The molecule has 3 N–H and O–H groups in total. The Morgan fingerprint density at radius 3 is 1.93 bits per heavy atom. The van der Waals surface area contributed by atoms with E-state index in [1.54, 1.807) is 45.0 Å². The quantitative estimate of drug-likeness (QED) is 0.629. The number of nitrogens with one attached hydrogen (secondary N) is 2. The Balaban J connectivity index is 2.00. The van der Waals surface area contributed by atoms with E-state index < -0.39 is 29.7 Å². The minimum absolute atomic E-state index is 0.499. The molecule has 2 aromatic rings. The number of rotatable bonds is 7. The fourth-order valence-corrected chi connectivity index (χ4v) is 2.50. The van der Waals surface area contributed by atoms with Gasteiger partial charge in [-0.05, 0) is 76.1 Å². The Morgan fingerprint density at radius 2 is 1.47 bits per heavy atom. The monoisotopic (exact) mass is 414 g/mol. The normalized spacial score (nSPS) is 13.1. The van der Waals surface area contributed by atoms with Crippen molar-refractivity contribution >= 4 is 17.7 Å². The minimum Gasteiger partial charge on any atom is -0.457 e. The molecule has 0 saturated carbocycles. The molecule has 1 atom stereocenters. The lowest BCUT2D eigenvalue weighted by Crippen LogP contribution is -2.58.